The van der Waals surface area contributed by atoms with Crippen LogP contribution in [0.2, 0.25) is 0 Å². The summed E-state index contributed by atoms with van der Waals surface area (Å²) in [5, 5.41) is 11.5. The molecule has 2 saturated carbocycles. The van der Waals surface area contributed by atoms with Crippen molar-refractivity contribution in [3.05, 3.63) is 0 Å². The lowest BCUT2D eigenvalue weighted by atomic mass is 9.94. The summed E-state index contributed by atoms with van der Waals surface area (Å²) in [5.41, 5.74) is 0.314. The van der Waals surface area contributed by atoms with Gasteiger partial charge in [-0.2, -0.15) is 0 Å². The first kappa shape index (κ1) is 6.66. The second-order valence-electron chi connectivity index (χ2n) is 3.92. The molecule has 0 heterocycles. The second kappa shape index (κ2) is 1.97. The number of fused-ring (bicyclic) bond motifs is 1. The van der Waals surface area contributed by atoms with Crippen LogP contribution in [-0.4, -0.2) is 6.10 Å². The summed E-state index contributed by atoms with van der Waals surface area (Å²) in [6.45, 7) is 2.03. The molecule has 2 fully saturated rings. The molecule has 1 heteroatoms. The highest BCUT2D eigenvalue weighted by Gasteiger charge is 2.60. The van der Waals surface area contributed by atoms with Gasteiger partial charge in [0.2, 0.25) is 0 Å². The summed E-state index contributed by atoms with van der Waals surface area (Å²) < 4.78 is 0. The van der Waals surface area contributed by atoms with E-state index in [4.69, 9.17) is 0 Å². The van der Waals surface area contributed by atoms with Gasteiger partial charge >= 0.3 is 0 Å². The quantitative estimate of drug-likeness (QED) is 0.559. The van der Waals surface area contributed by atoms with E-state index in [1.165, 1.54) is 25.7 Å². The normalized spacial score (nSPS) is 46.8. The minimum atomic E-state index is -0.236. The predicted octanol–water partition coefficient (Wildman–Crippen LogP) is 2.39. The van der Waals surface area contributed by atoms with E-state index in [9.17, 15) is 5.11 Å². The van der Waals surface area contributed by atoms with Crippen LogP contribution in [0.3, 0.4) is 0 Å². The van der Waals surface area contributed by atoms with Gasteiger partial charge in [-0.15, -0.1) is 0 Å². The molecule has 2 aliphatic carbocycles. The highest BCUT2D eigenvalue weighted by molar-refractivity contribution is 5.09. The monoisotopic (exact) mass is 139 g/mol. The number of hydrogen-bond acceptors (Lipinski definition) is 0. The van der Waals surface area contributed by atoms with Gasteiger partial charge in [-0.3, -0.25) is 0 Å². The zero-order valence-corrected chi connectivity index (χ0v) is 6.60. The van der Waals surface area contributed by atoms with Crippen LogP contribution < -0.4 is 0 Å². The predicted molar refractivity (Wildman–Crippen MR) is 39.2 cm³/mol. The molecular weight excluding hydrogens is 124 g/mol. The molecule has 0 aromatic carbocycles. The first-order valence-corrected chi connectivity index (χ1v) is 4.45. The minimum absolute atomic E-state index is 0.236. The Labute approximate surface area is 62.4 Å². The van der Waals surface area contributed by atoms with Crippen molar-refractivity contribution in [1.29, 1.82) is 0 Å². The van der Waals surface area contributed by atoms with Crippen LogP contribution in [0.4, 0.5) is 0 Å². The fraction of sp³-hybridized carbons (Fsp3) is 1.00. The minimum Gasteiger partial charge on any atom is -0.233 e. The standard InChI is InChI=1S/C9H15O/c1-2-8(10)9-5-3-4-7(9)6-9/h7-8H,2-6H2,1H3. The molecule has 0 aromatic heterocycles. The van der Waals surface area contributed by atoms with Crippen LogP contribution in [0.5, 0.6) is 0 Å². The second-order valence-corrected chi connectivity index (χ2v) is 3.92. The van der Waals surface area contributed by atoms with E-state index < -0.39 is 0 Å². The Balaban J connectivity index is 2.03. The summed E-state index contributed by atoms with van der Waals surface area (Å²) in [4.78, 5) is 0. The lowest BCUT2D eigenvalue weighted by Crippen LogP contribution is -2.18. The van der Waals surface area contributed by atoms with Crippen molar-refractivity contribution in [2.24, 2.45) is 11.3 Å². The average molecular weight is 139 g/mol. The molecule has 1 radical (unpaired) electrons. The summed E-state index contributed by atoms with van der Waals surface area (Å²) in [5.74, 6) is 0.843. The fourth-order valence-electron chi connectivity index (χ4n) is 2.73. The highest BCUT2D eigenvalue weighted by atomic mass is 16.3. The van der Waals surface area contributed by atoms with Gasteiger partial charge in [-0.1, -0.05) is 13.3 Å². The van der Waals surface area contributed by atoms with E-state index in [1.807, 2.05) is 6.92 Å². The van der Waals surface area contributed by atoms with Gasteiger partial charge < -0.3 is 0 Å². The molecule has 2 aliphatic rings. The summed E-state index contributed by atoms with van der Waals surface area (Å²) >= 11 is 0. The number of rotatable bonds is 2. The van der Waals surface area contributed by atoms with Gasteiger partial charge in [0, 0.05) is 5.41 Å². The molecular formula is C9H15O. The molecule has 1 nitrogen and oxygen atoms in total. The lowest BCUT2D eigenvalue weighted by molar-refractivity contribution is 0.0176. The maximum Gasteiger partial charge on any atom is 0.0986 e. The van der Waals surface area contributed by atoms with Crippen LogP contribution >= 0.6 is 0 Å². The summed E-state index contributed by atoms with van der Waals surface area (Å²) in [6, 6.07) is 0. The van der Waals surface area contributed by atoms with Crippen LogP contribution in [0.25, 0.3) is 0 Å². The Morgan fingerprint density at radius 1 is 1.70 bits per heavy atom. The highest BCUT2D eigenvalue weighted by Crippen LogP contribution is 2.65. The van der Waals surface area contributed by atoms with Crippen molar-refractivity contribution < 1.29 is 5.11 Å². The van der Waals surface area contributed by atoms with Gasteiger partial charge in [0.1, 0.15) is 0 Å². The van der Waals surface area contributed by atoms with Crippen LogP contribution in [-0.2, 0) is 5.11 Å². The van der Waals surface area contributed by atoms with E-state index >= 15 is 0 Å². The van der Waals surface area contributed by atoms with Crippen molar-refractivity contribution >= 4 is 0 Å². The maximum absolute atomic E-state index is 11.5. The van der Waals surface area contributed by atoms with Crippen LogP contribution in [0.15, 0.2) is 0 Å². The molecule has 0 amide bonds. The topological polar surface area (TPSA) is 19.9 Å². The molecule has 0 saturated heterocycles. The van der Waals surface area contributed by atoms with E-state index in [0.717, 1.165) is 12.3 Å². The summed E-state index contributed by atoms with van der Waals surface area (Å²) in [6.07, 6.45) is 5.77. The Bertz CT molecular complexity index is 144. The van der Waals surface area contributed by atoms with E-state index in [2.05, 4.69) is 0 Å². The molecule has 57 valence electrons. The van der Waals surface area contributed by atoms with Crippen molar-refractivity contribution in [3.63, 3.8) is 0 Å². The fourth-order valence-corrected chi connectivity index (χ4v) is 2.73. The molecule has 3 atom stereocenters. The summed E-state index contributed by atoms with van der Waals surface area (Å²) in [7, 11) is 0. The van der Waals surface area contributed by atoms with Gasteiger partial charge in [0.25, 0.3) is 0 Å². The number of hydrogen-bond donors (Lipinski definition) is 0. The van der Waals surface area contributed by atoms with Crippen LogP contribution in [0.1, 0.15) is 39.0 Å². The van der Waals surface area contributed by atoms with E-state index in [0.29, 0.717) is 5.41 Å². The largest absolute Gasteiger partial charge is 0.233 e. The van der Waals surface area contributed by atoms with Gasteiger partial charge in [0.05, 0.1) is 6.10 Å². The first-order valence-electron chi connectivity index (χ1n) is 4.45. The van der Waals surface area contributed by atoms with E-state index in [1.54, 1.807) is 0 Å². The Hall–Kier alpha value is -0.0400. The van der Waals surface area contributed by atoms with Crippen molar-refractivity contribution in [1.82, 2.24) is 0 Å². The Morgan fingerprint density at radius 2 is 2.50 bits per heavy atom. The molecule has 0 aliphatic heterocycles. The van der Waals surface area contributed by atoms with Gasteiger partial charge in [-0.05, 0) is 31.6 Å². The molecule has 0 bridgehead atoms. The molecule has 0 spiro atoms. The maximum atomic E-state index is 11.5. The third kappa shape index (κ3) is 0.672. The molecule has 0 aromatic rings. The smallest absolute Gasteiger partial charge is 0.0986 e. The van der Waals surface area contributed by atoms with Crippen molar-refractivity contribution in [3.8, 4) is 0 Å². The Kier molecular flexibility index (Phi) is 1.31. The molecule has 3 unspecified atom stereocenters. The van der Waals surface area contributed by atoms with Gasteiger partial charge in [0.15, 0.2) is 0 Å². The van der Waals surface area contributed by atoms with E-state index in [-0.39, 0.29) is 6.10 Å². The Morgan fingerprint density at radius 3 is 2.90 bits per heavy atom. The first-order chi connectivity index (χ1) is 4.79. The lowest BCUT2D eigenvalue weighted by Gasteiger charge is -2.15. The van der Waals surface area contributed by atoms with Crippen LogP contribution in [0, 0.1) is 11.3 Å². The third-order valence-electron chi connectivity index (χ3n) is 3.49. The zero-order valence-electron chi connectivity index (χ0n) is 6.60. The third-order valence-corrected chi connectivity index (χ3v) is 3.49. The van der Waals surface area contributed by atoms with Crippen molar-refractivity contribution in [2.45, 2.75) is 45.1 Å². The zero-order chi connectivity index (χ0) is 7.19. The SMILES string of the molecule is CCC([O])C12CCCC1C2. The molecule has 2 rings (SSSR count). The van der Waals surface area contributed by atoms with Crippen molar-refractivity contribution in [2.75, 3.05) is 0 Å². The van der Waals surface area contributed by atoms with Gasteiger partial charge in [-0.25, -0.2) is 5.11 Å². The molecule has 10 heavy (non-hydrogen) atoms. The molecule has 0 N–H and O–H groups in total. The average Bonchev–Trinajstić information content (AvgIpc) is 2.54.